The van der Waals surface area contributed by atoms with Crippen molar-refractivity contribution in [1.82, 2.24) is 0 Å². The molecule has 0 unspecified atom stereocenters. The fourth-order valence-corrected chi connectivity index (χ4v) is 4.36. The minimum atomic E-state index is -4.42. The lowest BCUT2D eigenvalue weighted by Gasteiger charge is -2.28. The van der Waals surface area contributed by atoms with Gasteiger partial charge in [0.1, 0.15) is 5.82 Å². The largest absolute Gasteiger partial charge is 0.390 e. The Balaban J connectivity index is 1.76. The fourth-order valence-electron chi connectivity index (χ4n) is 4.24. The number of nitrogens with zero attached hydrogens (tertiary/aromatic N) is 1. The second kappa shape index (κ2) is 12.9. The molecular weight excluding hydrogens is 558 g/mol. The lowest BCUT2D eigenvalue weighted by molar-refractivity contribution is -0.132. The van der Waals surface area contributed by atoms with Crippen molar-refractivity contribution >= 4 is 41.0 Å². The molecule has 212 valence electrons. The molecule has 0 radical (unpaired) electrons. The minimum Gasteiger partial charge on any atom is -0.365 e. The van der Waals surface area contributed by atoms with Gasteiger partial charge in [-0.25, -0.2) is 9.18 Å². The van der Waals surface area contributed by atoms with Gasteiger partial charge in [0.2, 0.25) is 0 Å². The van der Waals surface area contributed by atoms with E-state index in [1.165, 1.54) is 23.1 Å². The van der Waals surface area contributed by atoms with Gasteiger partial charge in [0, 0.05) is 29.4 Å². The summed E-state index contributed by atoms with van der Waals surface area (Å²) in [6.45, 7) is 1.58. The zero-order chi connectivity index (χ0) is 29.6. The Morgan fingerprint density at radius 1 is 0.927 bits per heavy atom. The monoisotopic (exact) mass is 583 g/mol. The summed E-state index contributed by atoms with van der Waals surface area (Å²) in [6.07, 6.45) is -4.94. The third-order valence-electron chi connectivity index (χ3n) is 6.30. The number of hydrogen-bond acceptors (Lipinski definition) is 3. The standard InChI is InChI=1S/C31H26ClF4N3O2/c1-20-2-11-26(12-3-20)37-30(41)38-28-16-22(27-17-25(33)10-6-23(27)19-40)7-13-29(28)39(15-14-31(34,35)36)18-21-4-8-24(32)9-5-21/h2-13,16-17,19H,14-15,18H2,1H3,(H2,37,38,41). The van der Waals surface area contributed by atoms with E-state index in [2.05, 4.69) is 10.6 Å². The van der Waals surface area contributed by atoms with Crippen LogP contribution in [0, 0.1) is 12.7 Å². The molecule has 10 heteroatoms. The number of alkyl halides is 3. The number of aryl methyl sites for hydroxylation is 1. The molecule has 0 heterocycles. The molecule has 0 saturated carbocycles. The first-order chi connectivity index (χ1) is 19.5. The van der Waals surface area contributed by atoms with Crippen molar-refractivity contribution in [2.75, 3.05) is 22.1 Å². The third kappa shape index (κ3) is 8.31. The Morgan fingerprint density at radius 3 is 2.29 bits per heavy atom. The quantitative estimate of drug-likeness (QED) is 0.153. The van der Waals surface area contributed by atoms with Crippen molar-refractivity contribution in [2.24, 2.45) is 0 Å². The van der Waals surface area contributed by atoms with Crippen molar-refractivity contribution < 1.29 is 27.2 Å². The topological polar surface area (TPSA) is 61.4 Å². The molecule has 0 bridgehead atoms. The van der Waals surface area contributed by atoms with Crippen LogP contribution in [0.4, 0.5) is 39.4 Å². The number of rotatable bonds is 9. The number of amides is 2. The van der Waals surface area contributed by atoms with E-state index in [1.54, 1.807) is 48.5 Å². The average Bonchev–Trinajstić information content (AvgIpc) is 2.93. The summed E-state index contributed by atoms with van der Waals surface area (Å²) < 4.78 is 54.1. The van der Waals surface area contributed by atoms with Crippen LogP contribution in [-0.4, -0.2) is 25.0 Å². The summed E-state index contributed by atoms with van der Waals surface area (Å²) in [5.41, 5.74) is 3.55. The predicted molar refractivity (Wildman–Crippen MR) is 154 cm³/mol. The van der Waals surface area contributed by atoms with E-state index in [9.17, 15) is 27.2 Å². The normalized spacial score (nSPS) is 11.2. The molecule has 41 heavy (non-hydrogen) atoms. The highest BCUT2D eigenvalue weighted by Gasteiger charge is 2.29. The molecule has 0 saturated heterocycles. The third-order valence-corrected chi connectivity index (χ3v) is 6.55. The smallest absolute Gasteiger partial charge is 0.365 e. The molecule has 0 atom stereocenters. The Morgan fingerprint density at radius 2 is 1.63 bits per heavy atom. The van der Waals surface area contributed by atoms with Crippen LogP contribution in [0.15, 0.2) is 84.9 Å². The molecule has 0 fully saturated rings. The molecule has 4 aromatic carbocycles. The van der Waals surface area contributed by atoms with Crippen LogP contribution < -0.4 is 15.5 Å². The van der Waals surface area contributed by atoms with Gasteiger partial charge in [-0.1, -0.05) is 47.5 Å². The Bertz CT molecular complexity index is 1520. The Labute approximate surface area is 239 Å². The number of carbonyl (C=O) groups excluding carboxylic acids is 2. The zero-order valence-corrected chi connectivity index (χ0v) is 22.7. The van der Waals surface area contributed by atoms with Gasteiger partial charge < -0.3 is 15.5 Å². The molecule has 4 rings (SSSR count). The minimum absolute atomic E-state index is 0.0837. The lowest BCUT2D eigenvalue weighted by atomic mass is 9.98. The van der Waals surface area contributed by atoms with E-state index in [1.807, 2.05) is 19.1 Å². The van der Waals surface area contributed by atoms with Crippen LogP contribution in [0.1, 0.15) is 27.9 Å². The van der Waals surface area contributed by atoms with Gasteiger partial charge in [-0.2, -0.15) is 13.2 Å². The maximum Gasteiger partial charge on any atom is 0.390 e. The number of carbonyl (C=O) groups is 2. The van der Waals surface area contributed by atoms with Crippen LogP contribution in [0.25, 0.3) is 11.1 Å². The second-order valence-corrected chi connectivity index (χ2v) is 9.88. The van der Waals surface area contributed by atoms with E-state index < -0.39 is 31.0 Å². The zero-order valence-electron chi connectivity index (χ0n) is 21.9. The van der Waals surface area contributed by atoms with Crippen molar-refractivity contribution in [3.05, 3.63) is 112 Å². The van der Waals surface area contributed by atoms with E-state index in [0.717, 1.165) is 11.6 Å². The highest BCUT2D eigenvalue weighted by molar-refractivity contribution is 6.30. The van der Waals surface area contributed by atoms with E-state index in [0.29, 0.717) is 33.8 Å². The Hall–Kier alpha value is -4.37. The van der Waals surface area contributed by atoms with Crippen molar-refractivity contribution in [3.63, 3.8) is 0 Å². The Kier molecular flexibility index (Phi) is 9.29. The van der Waals surface area contributed by atoms with Crippen LogP contribution in [-0.2, 0) is 6.54 Å². The molecule has 0 aliphatic carbocycles. The van der Waals surface area contributed by atoms with Crippen molar-refractivity contribution in [2.45, 2.75) is 26.1 Å². The lowest BCUT2D eigenvalue weighted by Crippen LogP contribution is -2.29. The van der Waals surface area contributed by atoms with E-state index in [-0.39, 0.29) is 23.4 Å². The van der Waals surface area contributed by atoms with Crippen molar-refractivity contribution in [3.8, 4) is 11.1 Å². The van der Waals surface area contributed by atoms with Gasteiger partial charge in [0.15, 0.2) is 6.29 Å². The predicted octanol–water partition coefficient (Wildman–Crippen LogP) is 8.87. The van der Waals surface area contributed by atoms with Crippen LogP contribution in [0.2, 0.25) is 5.02 Å². The maximum atomic E-state index is 14.1. The second-order valence-electron chi connectivity index (χ2n) is 9.44. The number of nitrogens with one attached hydrogen (secondary N) is 2. The molecule has 0 spiro atoms. The summed E-state index contributed by atoms with van der Waals surface area (Å²) in [5, 5.41) is 5.92. The molecule has 0 aliphatic heterocycles. The number of halogens is 5. The number of aldehydes is 1. The first-order valence-corrected chi connectivity index (χ1v) is 13.0. The van der Waals surface area contributed by atoms with Gasteiger partial charge in [0.05, 0.1) is 17.8 Å². The van der Waals surface area contributed by atoms with E-state index >= 15 is 0 Å². The molecule has 5 nitrogen and oxygen atoms in total. The average molecular weight is 584 g/mol. The van der Waals surface area contributed by atoms with E-state index in [4.69, 9.17) is 11.6 Å². The SMILES string of the molecule is Cc1ccc(NC(=O)Nc2cc(-c3cc(F)ccc3C=O)ccc2N(CCC(F)(F)F)Cc2ccc(Cl)cc2)cc1. The van der Waals surface area contributed by atoms with Crippen LogP contribution in [0.3, 0.4) is 0 Å². The van der Waals surface area contributed by atoms with Gasteiger partial charge in [-0.15, -0.1) is 0 Å². The summed E-state index contributed by atoms with van der Waals surface area (Å²) in [4.78, 5) is 26.2. The van der Waals surface area contributed by atoms with Gasteiger partial charge in [-0.05, 0) is 78.2 Å². The summed E-state index contributed by atoms with van der Waals surface area (Å²) in [6, 6.07) is 21.4. The molecule has 0 aliphatic rings. The number of benzene rings is 4. The van der Waals surface area contributed by atoms with Gasteiger partial charge >= 0.3 is 12.2 Å². The summed E-state index contributed by atoms with van der Waals surface area (Å²) >= 11 is 5.99. The van der Waals surface area contributed by atoms with Gasteiger partial charge in [0.25, 0.3) is 0 Å². The summed E-state index contributed by atoms with van der Waals surface area (Å²) in [5.74, 6) is -0.573. The molecular formula is C31H26ClF4N3O2. The van der Waals surface area contributed by atoms with Crippen molar-refractivity contribution in [1.29, 1.82) is 0 Å². The highest BCUT2D eigenvalue weighted by atomic mass is 35.5. The highest BCUT2D eigenvalue weighted by Crippen LogP contribution is 2.35. The molecule has 0 aromatic heterocycles. The first-order valence-electron chi connectivity index (χ1n) is 12.6. The van der Waals surface area contributed by atoms with Crippen LogP contribution >= 0.6 is 11.6 Å². The molecule has 2 N–H and O–H groups in total. The number of anilines is 3. The number of urea groups is 1. The van der Waals surface area contributed by atoms with Crippen LogP contribution in [0.5, 0.6) is 0 Å². The molecule has 4 aromatic rings. The summed E-state index contributed by atoms with van der Waals surface area (Å²) in [7, 11) is 0. The maximum absolute atomic E-state index is 14.1. The fraction of sp³-hybridized carbons (Fsp3) is 0.161. The van der Waals surface area contributed by atoms with Gasteiger partial charge in [-0.3, -0.25) is 4.79 Å². The number of hydrogen-bond donors (Lipinski definition) is 2. The molecule has 2 amide bonds. The first kappa shape index (κ1) is 29.6.